The lowest BCUT2D eigenvalue weighted by Gasteiger charge is -2.21. The first kappa shape index (κ1) is 17.3. The average molecular weight is 330 g/mol. The highest BCUT2D eigenvalue weighted by Crippen LogP contribution is 2.27. The molecule has 0 bridgehead atoms. The number of carbonyl (C=O) groups excluding carboxylic acids is 1. The van der Waals surface area contributed by atoms with E-state index >= 15 is 0 Å². The van der Waals surface area contributed by atoms with E-state index in [1.807, 2.05) is 0 Å². The summed E-state index contributed by atoms with van der Waals surface area (Å²) in [7, 11) is 0. The Morgan fingerprint density at radius 3 is 2.50 bits per heavy atom. The Hall–Kier alpha value is -1.55. The van der Waals surface area contributed by atoms with Crippen LogP contribution >= 0.6 is 0 Å². The zero-order valence-corrected chi connectivity index (χ0v) is 15.2. The minimum atomic E-state index is 0.241. The van der Waals surface area contributed by atoms with E-state index in [1.165, 1.54) is 16.7 Å². The zero-order valence-electron chi connectivity index (χ0n) is 15.2. The van der Waals surface area contributed by atoms with E-state index in [-0.39, 0.29) is 5.91 Å². The largest absolute Gasteiger partial charge is 0.493 e. The van der Waals surface area contributed by atoms with Gasteiger partial charge in [-0.1, -0.05) is 6.07 Å². The summed E-state index contributed by atoms with van der Waals surface area (Å²) < 4.78 is 5.91. The van der Waals surface area contributed by atoms with Crippen molar-refractivity contribution in [1.82, 2.24) is 10.2 Å². The number of nitrogens with zero attached hydrogens (tertiary/aromatic N) is 1. The number of hydrogen-bond donors (Lipinski definition) is 1. The van der Waals surface area contributed by atoms with E-state index in [0.29, 0.717) is 13.0 Å². The van der Waals surface area contributed by atoms with Crippen LogP contribution < -0.4 is 10.1 Å². The second kappa shape index (κ2) is 7.56. The first-order valence-corrected chi connectivity index (χ1v) is 9.23. The molecule has 1 N–H and O–H groups in total. The third kappa shape index (κ3) is 3.92. The SMILES string of the molecule is Cc1cc(C)c(C)c(OCCC(=O)N2CC[C@@H]3CNC[C@@H]3CC2)c1. The molecule has 1 amide bonds. The van der Waals surface area contributed by atoms with Gasteiger partial charge in [0.05, 0.1) is 13.0 Å². The summed E-state index contributed by atoms with van der Waals surface area (Å²) in [5.41, 5.74) is 3.61. The minimum Gasteiger partial charge on any atom is -0.493 e. The number of aryl methyl sites for hydroxylation is 2. The van der Waals surface area contributed by atoms with Crippen molar-refractivity contribution < 1.29 is 9.53 Å². The molecule has 0 spiro atoms. The van der Waals surface area contributed by atoms with Gasteiger partial charge in [-0.3, -0.25) is 4.79 Å². The van der Waals surface area contributed by atoms with Crippen LogP contribution in [-0.4, -0.2) is 43.6 Å². The smallest absolute Gasteiger partial charge is 0.225 e. The molecule has 0 aliphatic carbocycles. The van der Waals surface area contributed by atoms with Crippen molar-refractivity contribution in [2.45, 2.75) is 40.0 Å². The van der Waals surface area contributed by atoms with Gasteiger partial charge in [-0.05, 0) is 81.3 Å². The molecular weight excluding hydrogens is 300 g/mol. The van der Waals surface area contributed by atoms with Gasteiger partial charge in [-0.15, -0.1) is 0 Å². The van der Waals surface area contributed by atoms with Crippen LogP contribution in [0.1, 0.15) is 36.0 Å². The Bertz CT molecular complexity index is 586. The first-order valence-electron chi connectivity index (χ1n) is 9.23. The molecule has 3 rings (SSSR count). The second-order valence-electron chi connectivity index (χ2n) is 7.44. The van der Waals surface area contributed by atoms with Crippen molar-refractivity contribution in [2.75, 3.05) is 32.8 Å². The van der Waals surface area contributed by atoms with Crippen LogP contribution in [0.25, 0.3) is 0 Å². The molecular formula is C20H30N2O2. The first-order chi connectivity index (χ1) is 11.5. The van der Waals surface area contributed by atoms with Crippen molar-refractivity contribution in [3.8, 4) is 5.75 Å². The van der Waals surface area contributed by atoms with E-state index in [9.17, 15) is 4.79 Å². The maximum Gasteiger partial charge on any atom is 0.225 e. The molecule has 0 radical (unpaired) electrons. The normalized spacial score (nSPS) is 23.7. The van der Waals surface area contributed by atoms with Crippen LogP contribution in [0, 0.1) is 32.6 Å². The monoisotopic (exact) mass is 330 g/mol. The molecule has 1 aromatic carbocycles. The Labute approximate surface area is 145 Å². The lowest BCUT2D eigenvalue weighted by molar-refractivity contribution is -0.131. The van der Waals surface area contributed by atoms with Gasteiger partial charge in [0.2, 0.25) is 5.91 Å². The summed E-state index contributed by atoms with van der Waals surface area (Å²) in [5, 5.41) is 3.48. The molecule has 2 fully saturated rings. The highest BCUT2D eigenvalue weighted by atomic mass is 16.5. The van der Waals surface area contributed by atoms with Crippen molar-refractivity contribution in [2.24, 2.45) is 11.8 Å². The van der Waals surface area contributed by atoms with Gasteiger partial charge in [-0.25, -0.2) is 0 Å². The van der Waals surface area contributed by atoms with Gasteiger partial charge in [0.15, 0.2) is 0 Å². The van der Waals surface area contributed by atoms with Gasteiger partial charge in [0, 0.05) is 13.1 Å². The van der Waals surface area contributed by atoms with Gasteiger partial charge >= 0.3 is 0 Å². The van der Waals surface area contributed by atoms with Gasteiger partial charge in [0.25, 0.3) is 0 Å². The Morgan fingerprint density at radius 1 is 1.17 bits per heavy atom. The zero-order chi connectivity index (χ0) is 17.1. The molecule has 1 aromatic rings. The lowest BCUT2D eigenvalue weighted by Crippen LogP contribution is -2.33. The van der Waals surface area contributed by atoms with Gasteiger partial charge in [-0.2, -0.15) is 0 Å². The third-order valence-corrected chi connectivity index (χ3v) is 5.71. The minimum absolute atomic E-state index is 0.241. The number of benzene rings is 1. The summed E-state index contributed by atoms with van der Waals surface area (Å²) in [4.78, 5) is 14.6. The number of rotatable bonds is 4. The van der Waals surface area contributed by atoms with Crippen molar-refractivity contribution >= 4 is 5.91 Å². The highest BCUT2D eigenvalue weighted by molar-refractivity contribution is 5.76. The molecule has 0 aromatic heterocycles. The summed E-state index contributed by atoms with van der Waals surface area (Å²) in [6, 6.07) is 4.23. The number of carbonyl (C=O) groups is 1. The molecule has 0 unspecified atom stereocenters. The molecule has 24 heavy (non-hydrogen) atoms. The average Bonchev–Trinajstić information content (AvgIpc) is 2.90. The number of hydrogen-bond acceptors (Lipinski definition) is 3. The summed E-state index contributed by atoms with van der Waals surface area (Å²) in [5.74, 6) is 2.68. The van der Waals surface area contributed by atoms with Crippen molar-refractivity contribution in [3.05, 3.63) is 28.8 Å². The van der Waals surface area contributed by atoms with Crippen LogP contribution in [-0.2, 0) is 4.79 Å². The molecule has 2 aliphatic heterocycles. The number of amides is 1. The fourth-order valence-corrected chi connectivity index (χ4v) is 4.02. The van der Waals surface area contributed by atoms with Crippen molar-refractivity contribution in [3.63, 3.8) is 0 Å². The Balaban J connectivity index is 1.49. The van der Waals surface area contributed by atoms with Crippen LogP contribution in [0.15, 0.2) is 12.1 Å². The molecule has 132 valence electrons. The van der Waals surface area contributed by atoms with Gasteiger partial charge < -0.3 is 15.0 Å². The number of ether oxygens (including phenoxy) is 1. The maximum atomic E-state index is 12.5. The topological polar surface area (TPSA) is 41.6 Å². The molecule has 2 saturated heterocycles. The van der Waals surface area contributed by atoms with Crippen LogP contribution in [0.5, 0.6) is 5.75 Å². The van der Waals surface area contributed by atoms with E-state index < -0.39 is 0 Å². The Kier molecular flexibility index (Phi) is 5.44. The third-order valence-electron chi connectivity index (χ3n) is 5.71. The van der Waals surface area contributed by atoms with Crippen molar-refractivity contribution in [1.29, 1.82) is 0 Å². The molecule has 4 nitrogen and oxygen atoms in total. The number of nitrogens with one attached hydrogen (secondary N) is 1. The van der Waals surface area contributed by atoms with Gasteiger partial charge in [0.1, 0.15) is 5.75 Å². The Morgan fingerprint density at radius 2 is 1.83 bits per heavy atom. The van der Waals surface area contributed by atoms with E-state index in [1.54, 1.807) is 0 Å². The summed E-state index contributed by atoms with van der Waals surface area (Å²) >= 11 is 0. The second-order valence-corrected chi connectivity index (χ2v) is 7.44. The predicted molar refractivity (Wildman–Crippen MR) is 96.4 cm³/mol. The molecule has 4 heteroatoms. The highest BCUT2D eigenvalue weighted by Gasteiger charge is 2.31. The van der Waals surface area contributed by atoms with E-state index in [0.717, 1.165) is 56.6 Å². The molecule has 2 atom stereocenters. The summed E-state index contributed by atoms with van der Waals surface area (Å²) in [6.07, 6.45) is 2.75. The predicted octanol–water partition coefficient (Wildman–Crippen LogP) is 2.84. The maximum absolute atomic E-state index is 12.5. The fraction of sp³-hybridized carbons (Fsp3) is 0.650. The summed E-state index contributed by atoms with van der Waals surface area (Å²) in [6.45, 7) is 10.8. The van der Waals surface area contributed by atoms with Crippen LogP contribution in [0.3, 0.4) is 0 Å². The van der Waals surface area contributed by atoms with Crippen LogP contribution in [0.2, 0.25) is 0 Å². The fourth-order valence-electron chi connectivity index (χ4n) is 4.02. The molecule has 2 aliphatic rings. The molecule has 2 heterocycles. The molecule has 0 saturated carbocycles. The van der Waals surface area contributed by atoms with E-state index in [2.05, 4.69) is 43.1 Å². The standard InChI is InChI=1S/C20H30N2O2/c1-14-10-15(2)16(3)19(11-14)24-9-6-20(23)22-7-4-17-12-21-13-18(17)5-8-22/h10-11,17-18,21H,4-9,12-13H2,1-3H3/t17-,18+. The number of likely N-dealkylation sites (tertiary alicyclic amines) is 1. The quantitative estimate of drug-likeness (QED) is 0.923. The van der Waals surface area contributed by atoms with Crippen LogP contribution in [0.4, 0.5) is 0 Å². The lowest BCUT2D eigenvalue weighted by atomic mass is 9.92. The number of fused-ring (bicyclic) bond motifs is 1. The van der Waals surface area contributed by atoms with E-state index in [4.69, 9.17) is 4.74 Å².